The number of non-ortho nitro benzene ring substituents is 1. The molecular weight excluding hydrogens is 284 g/mol. The largest absolute Gasteiger partial charge is 0.367 e. The quantitative estimate of drug-likeness (QED) is 0.628. The van der Waals surface area contributed by atoms with E-state index in [0.717, 1.165) is 5.56 Å². The molecule has 0 fully saturated rings. The average molecular weight is 300 g/mol. The fraction of sp³-hybridized carbons (Fsp3) is 0.188. The van der Waals surface area contributed by atoms with E-state index in [9.17, 15) is 14.9 Å². The fourth-order valence-corrected chi connectivity index (χ4v) is 2.11. The van der Waals surface area contributed by atoms with Crippen LogP contribution in [0.1, 0.15) is 11.7 Å². The molecule has 0 heterocycles. The van der Waals surface area contributed by atoms with E-state index < -0.39 is 11.0 Å². The zero-order chi connectivity index (χ0) is 16.1. The summed E-state index contributed by atoms with van der Waals surface area (Å²) in [5, 5.41) is 10.7. The summed E-state index contributed by atoms with van der Waals surface area (Å²) in [6.45, 7) is 0. The molecule has 0 bridgehead atoms. The predicted molar refractivity (Wildman–Crippen MR) is 82.7 cm³/mol. The number of nitrogens with zero attached hydrogens (tertiary/aromatic N) is 2. The topological polar surface area (TPSA) is 72.7 Å². The Morgan fingerprint density at radius 3 is 2.23 bits per heavy atom. The van der Waals surface area contributed by atoms with Gasteiger partial charge in [-0.1, -0.05) is 30.3 Å². The Bertz CT molecular complexity index is 656. The third-order valence-corrected chi connectivity index (χ3v) is 3.34. The van der Waals surface area contributed by atoms with Gasteiger partial charge in [-0.25, -0.2) is 0 Å². The van der Waals surface area contributed by atoms with E-state index in [1.807, 2.05) is 30.3 Å². The van der Waals surface area contributed by atoms with Crippen molar-refractivity contribution in [1.82, 2.24) is 0 Å². The zero-order valence-electron chi connectivity index (χ0n) is 12.3. The summed E-state index contributed by atoms with van der Waals surface area (Å²) in [4.78, 5) is 24.2. The normalized spacial score (nSPS) is 11.7. The number of rotatable bonds is 5. The number of nitro benzene ring substituents is 1. The van der Waals surface area contributed by atoms with Crippen molar-refractivity contribution in [2.75, 3.05) is 19.1 Å². The lowest BCUT2D eigenvalue weighted by atomic mass is 10.1. The van der Waals surface area contributed by atoms with Gasteiger partial charge in [0.2, 0.25) is 0 Å². The van der Waals surface area contributed by atoms with Gasteiger partial charge in [-0.3, -0.25) is 14.9 Å². The minimum Gasteiger partial charge on any atom is -0.367 e. The molecule has 6 nitrogen and oxygen atoms in total. The lowest BCUT2D eigenvalue weighted by Crippen LogP contribution is -2.32. The molecule has 0 saturated carbocycles. The van der Waals surface area contributed by atoms with E-state index in [-0.39, 0.29) is 11.6 Å². The second kappa shape index (κ2) is 6.82. The minimum absolute atomic E-state index is 0.0176. The Hall–Kier alpha value is -2.73. The number of anilines is 1. The van der Waals surface area contributed by atoms with E-state index in [1.54, 1.807) is 7.05 Å². The molecule has 1 atom stereocenters. The first-order valence-corrected chi connectivity index (χ1v) is 6.64. The molecule has 0 aliphatic carbocycles. The van der Waals surface area contributed by atoms with Crippen molar-refractivity contribution < 1.29 is 14.5 Å². The van der Waals surface area contributed by atoms with Crippen LogP contribution in [0.5, 0.6) is 0 Å². The van der Waals surface area contributed by atoms with Crippen LogP contribution < -0.4 is 4.90 Å². The number of likely N-dealkylation sites (N-methyl/N-ethyl adjacent to an activating group) is 1. The lowest BCUT2D eigenvalue weighted by molar-refractivity contribution is -0.384. The molecule has 0 aliphatic rings. The molecule has 1 amide bonds. The van der Waals surface area contributed by atoms with Gasteiger partial charge >= 0.3 is 0 Å². The van der Waals surface area contributed by atoms with E-state index in [0.29, 0.717) is 5.69 Å². The first kappa shape index (κ1) is 15.7. The van der Waals surface area contributed by atoms with Crippen molar-refractivity contribution in [3.05, 3.63) is 70.3 Å². The molecule has 0 radical (unpaired) electrons. The third kappa shape index (κ3) is 3.29. The van der Waals surface area contributed by atoms with Gasteiger partial charge in [-0.15, -0.1) is 0 Å². The number of amides is 1. The number of methoxy groups -OCH3 is 1. The highest BCUT2D eigenvalue weighted by Gasteiger charge is 2.24. The molecule has 114 valence electrons. The second-order valence-corrected chi connectivity index (χ2v) is 4.70. The van der Waals surface area contributed by atoms with Gasteiger partial charge in [-0.2, -0.15) is 0 Å². The summed E-state index contributed by atoms with van der Waals surface area (Å²) in [7, 11) is 3.08. The van der Waals surface area contributed by atoms with E-state index in [2.05, 4.69) is 0 Å². The van der Waals surface area contributed by atoms with Crippen LogP contribution in [-0.2, 0) is 9.53 Å². The van der Waals surface area contributed by atoms with Gasteiger partial charge < -0.3 is 9.64 Å². The molecular formula is C16H16N2O4. The first-order valence-electron chi connectivity index (χ1n) is 6.64. The summed E-state index contributed by atoms with van der Waals surface area (Å²) >= 11 is 0. The van der Waals surface area contributed by atoms with Crippen LogP contribution in [0.15, 0.2) is 54.6 Å². The average Bonchev–Trinajstić information content (AvgIpc) is 2.56. The molecule has 0 aliphatic heterocycles. The van der Waals surface area contributed by atoms with Crippen LogP contribution in [-0.4, -0.2) is 25.0 Å². The smallest absolute Gasteiger partial charge is 0.269 e. The molecule has 22 heavy (non-hydrogen) atoms. The van der Waals surface area contributed by atoms with Crippen molar-refractivity contribution in [1.29, 1.82) is 0 Å². The van der Waals surface area contributed by atoms with Crippen molar-refractivity contribution in [2.45, 2.75) is 6.10 Å². The number of benzene rings is 2. The molecule has 0 spiro atoms. The molecule has 6 heteroatoms. The van der Waals surface area contributed by atoms with Crippen molar-refractivity contribution >= 4 is 17.3 Å². The summed E-state index contributed by atoms with van der Waals surface area (Å²) in [5.41, 5.74) is 1.30. The fourth-order valence-electron chi connectivity index (χ4n) is 2.11. The van der Waals surface area contributed by atoms with Gasteiger partial charge in [0.1, 0.15) is 0 Å². The summed E-state index contributed by atoms with van der Waals surface area (Å²) in [6, 6.07) is 15.0. The number of ether oxygens (including phenoxy) is 1. The SMILES string of the molecule is COC(C(=O)N(C)c1ccc([N+](=O)[O-])cc1)c1ccccc1. The van der Waals surface area contributed by atoms with Crippen LogP contribution in [0, 0.1) is 10.1 Å². The molecule has 0 saturated heterocycles. The number of nitro groups is 1. The van der Waals surface area contributed by atoms with Crippen LogP contribution in [0.4, 0.5) is 11.4 Å². The maximum absolute atomic E-state index is 12.6. The van der Waals surface area contributed by atoms with Gasteiger partial charge in [0, 0.05) is 32.0 Å². The highest BCUT2D eigenvalue weighted by atomic mass is 16.6. The Labute approximate surface area is 128 Å². The Balaban J connectivity index is 2.22. The molecule has 2 aromatic carbocycles. The first-order chi connectivity index (χ1) is 10.5. The number of carbonyl (C=O) groups excluding carboxylic acids is 1. The summed E-state index contributed by atoms with van der Waals surface area (Å²) < 4.78 is 5.30. The van der Waals surface area contributed by atoms with E-state index in [4.69, 9.17) is 4.74 Å². The zero-order valence-corrected chi connectivity index (χ0v) is 12.3. The highest BCUT2D eigenvalue weighted by molar-refractivity contribution is 5.96. The van der Waals surface area contributed by atoms with Crippen molar-refractivity contribution in [2.24, 2.45) is 0 Å². The maximum atomic E-state index is 12.6. The summed E-state index contributed by atoms with van der Waals surface area (Å²) in [6.07, 6.45) is -0.721. The van der Waals surface area contributed by atoms with Crippen LogP contribution >= 0.6 is 0 Å². The standard InChI is InChI=1S/C16H16N2O4/c1-17(13-8-10-14(11-9-13)18(20)21)16(19)15(22-2)12-6-4-3-5-7-12/h3-11,15H,1-2H3. The lowest BCUT2D eigenvalue weighted by Gasteiger charge is -2.23. The van der Waals surface area contributed by atoms with Gasteiger partial charge in [0.05, 0.1) is 4.92 Å². The Morgan fingerprint density at radius 2 is 1.73 bits per heavy atom. The van der Waals surface area contributed by atoms with E-state index in [1.165, 1.54) is 36.3 Å². The van der Waals surface area contributed by atoms with Crippen LogP contribution in [0.3, 0.4) is 0 Å². The Kier molecular flexibility index (Phi) is 4.85. The molecule has 0 aromatic heterocycles. The highest BCUT2D eigenvalue weighted by Crippen LogP contribution is 2.24. The number of hydrogen-bond acceptors (Lipinski definition) is 4. The van der Waals surface area contributed by atoms with Crippen LogP contribution in [0.2, 0.25) is 0 Å². The summed E-state index contributed by atoms with van der Waals surface area (Å²) in [5.74, 6) is -0.248. The number of hydrogen-bond donors (Lipinski definition) is 0. The monoisotopic (exact) mass is 300 g/mol. The van der Waals surface area contributed by atoms with Crippen molar-refractivity contribution in [3.8, 4) is 0 Å². The van der Waals surface area contributed by atoms with Crippen molar-refractivity contribution in [3.63, 3.8) is 0 Å². The minimum atomic E-state index is -0.721. The van der Waals surface area contributed by atoms with Gasteiger partial charge in [0.25, 0.3) is 11.6 Å². The van der Waals surface area contributed by atoms with Gasteiger partial charge in [0.15, 0.2) is 6.10 Å². The molecule has 2 rings (SSSR count). The predicted octanol–water partition coefficient (Wildman–Crippen LogP) is 2.95. The van der Waals surface area contributed by atoms with E-state index >= 15 is 0 Å². The van der Waals surface area contributed by atoms with Crippen LogP contribution in [0.25, 0.3) is 0 Å². The molecule has 2 aromatic rings. The molecule has 0 N–H and O–H groups in total. The third-order valence-electron chi connectivity index (χ3n) is 3.34. The maximum Gasteiger partial charge on any atom is 0.269 e. The second-order valence-electron chi connectivity index (χ2n) is 4.70. The van der Waals surface area contributed by atoms with Gasteiger partial charge in [-0.05, 0) is 17.7 Å². The molecule has 1 unspecified atom stereocenters. The number of carbonyl (C=O) groups is 1. The Morgan fingerprint density at radius 1 is 1.14 bits per heavy atom.